The Bertz CT molecular complexity index is 479. The molecule has 0 bridgehead atoms. The Morgan fingerprint density at radius 3 is 2.75 bits per heavy atom. The van der Waals surface area contributed by atoms with Crippen molar-refractivity contribution in [2.24, 2.45) is 0 Å². The summed E-state index contributed by atoms with van der Waals surface area (Å²) < 4.78 is 5.07. The molecule has 0 aliphatic rings. The van der Waals surface area contributed by atoms with Crippen molar-refractivity contribution in [1.82, 2.24) is 10.2 Å². The summed E-state index contributed by atoms with van der Waals surface area (Å²) in [5.74, 6) is -0.256. The van der Waals surface area contributed by atoms with Gasteiger partial charge in [0.25, 0.3) is 0 Å². The van der Waals surface area contributed by atoms with Gasteiger partial charge in [-0.25, -0.2) is 4.79 Å². The minimum Gasteiger partial charge on any atom is -0.457 e. The van der Waals surface area contributed by atoms with Gasteiger partial charge in [0, 0.05) is 0 Å². The molecule has 16 heavy (non-hydrogen) atoms. The van der Waals surface area contributed by atoms with Crippen molar-refractivity contribution in [2.45, 2.75) is 6.61 Å². The Morgan fingerprint density at radius 2 is 2.12 bits per heavy atom. The highest BCUT2D eigenvalue weighted by Crippen LogP contribution is 2.09. The molecule has 0 saturated carbocycles. The number of ether oxygens (including phenoxy) is 1. The summed E-state index contributed by atoms with van der Waals surface area (Å²) in [5.41, 5.74) is 6.68. The molecule has 0 fully saturated rings. The molecule has 1 heterocycles. The van der Waals surface area contributed by atoms with Gasteiger partial charge < -0.3 is 10.5 Å². The molecule has 0 saturated heterocycles. The lowest BCUT2D eigenvalue weighted by atomic mass is 10.2. The Hall–Kier alpha value is -2.30. The molecule has 0 atom stereocenters. The van der Waals surface area contributed by atoms with Crippen molar-refractivity contribution in [3.8, 4) is 0 Å². The molecule has 2 rings (SSSR count). The van der Waals surface area contributed by atoms with Crippen molar-refractivity contribution >= 4 is 11.8 Å². The van der Waals surface area contributed by atoms with Crippen LogP contribution in [0.5, 0.6) is 0 Å². The van der Waals surface area contributed by atoms with Crippen LogP contribution in [0.25, 0.3) is 0 Å². The number of aromatic amines is 1. The van der Waals surface area contributed by atoms with Gasteiger partial charge in [-0.1, -0.05) is 30.3 Å². The second kappa shape index (κ2) is 4.48. The predicted molar refractivity (Wildman–Crippen MR) is 58.6 cm³/mol. The van der Waals surface area contributed by atoms with Gasteiger partial charge in [0.1, 0.15) is 18.0 Å². The summed E-state index contributed by atoms with van der Waals surface area (Å²) in [6.45, 7) is 0.226. The average molecular weight is 217 g/mol. The number of carbonyl (C=O) groups is 1. The molecule has 1 aromatic heterocycles. The van der Waals surface area contributed by atoms with Crippen LogP contribution in [0.3, 0.4) is 0 Å². The van der Waals surface area contributed by atoms with E-state index in [-0.39, 0.29) is 18.0 Å². The average Bonchev–Trinajstić information content (AvgIpc) is 2.74. The summed E-state index contributed by atoms with van der Waals surface area (Å²) in [7, 11) is 0. The van der Waals surface area contributed by atoms with Crippen molar-refractivity contribution in [3.63, 3.8) is 0 Å². The lowest BCUT2D eigenvalue weighted by Gasteiger charge is -2.03. The topological polar surface area (TPSA) is 81.0 Å². The van der Waals surface area contributed by atoms with Gasteiger partial charge in [-0.15, -0.1) is 0 Å². The van der Waals surface area contributed by atoms with E-state index in [1.165, 1.54) is 6.20 Å². The van der Waals surface area contributed by atoms with Gasteiger partial charge in [-0.2, -0.15) is 5.10 Å². The Balaban J connectivity index is 1.97. The molecule has 0 aliphatic heterocycles. The molecule has 0 unspecified atom stereocenters. The summed E-state index contributed by atoms with van der Waals surface area (Å²) in [6, 6.07) is 9.43. The number of nitrogens with zero attached hydrogens (tertiary/aromatic N) is 1. The molecule has 1 aromatic carbocycles. The van der Waals surface area contributed by atoms with Crippen molar-refractivity contribution in [2.75, 3.05) is 5.73 Å². The zero-order valence-electron chi connectivity index (χ0n) is 8.51. The number of aromatic nitrogens is 2. The first kappa shape index (κ1) is 10.2. The van der Waals surface area contributed by atoms with Crippen LogP contribution in [0.1, 0.15) is 15.9 Å². The number of nitrogens with two attached hydrogens (primary N) is 1. The predicted octanol–water partition coefficient (Wildman–Crippen LogP) is 1.35. The Kier molecular flexibility index (Phi) is 2.86. The number of nitrogens with one attached hydrogen (secondary N) is 1. The second-order valence-corrected chi connectivity index (χ2v) is 3.26. The van der Waals surface area contributed by atoms with Crippen LogP contribution < -0.4 is 5.73 Å². The fourth-order valence-electron chi connectivity index (χ4n) is 1.26. The molecule has 5 heteroatoms. The minimum absolute atomic E-state index is 0.220. The Labute approximate surface area is 92.2 Å². The first-order chi connectivity index (χ1) is 7.77. The molecular formula is C11H11N3O2. The zero-order chi connectivity index (χ0) is 11.4. The normalized spacial score (nSPS) is 10.0. The van der Waals surface area contributed by atoms with Gasteiger partial charge in [0.15, 0.2) is 0 Å². The molecule has 0 radical (unpaired) electrons. The first-order valence-electron chi connectivity index (χ1n) is 4.77. The number of rotatable bonds is 3. The summed E-state index contributed by atoms with van der Waals surface area (Å²) in [6.07, 6.45) is 1.35. The van der Waals surface area contributed by atoms with Crippen LogP contribution in [-0.4, -0.2) is 16.2 Å². The van der Waals surface area contributed by atoms with E-state index in [1.807, 2.05) is 30.3 Å². The quantitative estimate of drug-likeness (QED) is 0.760. The largest absolute Gasteiger partial charge is 0.457 e. The van der Waals surface area contributed by atoms with Gasteiger partial charge >= 0.3 is 5.97 Å². The fourth-order valence-corrected chi connectivity index (χ4v) is 1.26. The lowest BCUT2D eigenvalue weighted by Crippen LogP contribution is -2.06. The molecule has 2 aromatic rings. The SMILES string of the molecule is Nc1[nH]ncc1C(=O)OCc1ccccc1. The maximum atomic E-state index is 11.5. The van der Waals surface area contributed by atoms with Crippen molar-refractivity contribution in [1.29, 1.82) is 0 Å². The van der Waals surface area contributed by atoms with E-state index < -0.39 is 5.97 Å². The highest BCUT2D eigenvalue weighted by Gasteiger charge is 2.12. The van der Waals surface area contributed by atoms with Gasteiger partial charge in [-0.3, -0.25) is 5.10 Å². The standard InChI is InChI=1S/C11H11N3O2/c12-10-9(6-13-14-10)11(15)16-7-8-4-2-1-3-5-8/h1-6H,7H2,(H3,12,13,14). The van der Waals surface area contributed by atoms with E-state index in [9.17, 15) is 4.79 Å². The van der Waals surface area contributed by atoms with E-state index in [0.717, 1.165) is 5.56 Å². The first-order valence-corrected chi connectivity index (χ1v) is 4.77. The van der Waals surface area contributed by atoms with E-state index in [4.69, 9.17) is 10.5 Å². The van der Waals surface area contributed by atoms with Gasteiger partial charge in [0.2, 0.25) is 0 Å². The third-order valence-electron chi connectivity index (χ3n) is 2.10. The minimum atomic E-state index is -0.477. The number of hydrogen-bond acceptors (Lipinski definition) is 4. The van der Waals surface area contributed by atoms with E-state index in [0.29, 0.717) is 0 Å². The van der Waals surface area contributed by atoms with Gasteiger partial charge in [-0.05, 0) is 5.56 Å². The number of carbonyl (C=O) groups excluding carboxylic acids is 1. The smallest absolute Gasteiger partial charge is 0.343 e. The fraction of sp³-hybridized carbons (Fsp3) is 0.0909. The van der Waals surface area contributed by atoms with E-state index in [2.05, 4.69) is 10.2 Å². The summed E-state index contributed by atoms with van der Waals surface area (Å²) in [5, 5.41) is 6.12. The molecule has 0 amide bonds. The van der Waals surface area contributed by atoms with Crippen LogP contribution in [-0.2, 0) is 11.3 Å². The van der Waals surface area contributed by atoms with Gasteiger partial charge in [0.05, 0.1) is 6.20 Å². The van der Waals surface area contributed by atoms with Crippen molar-refractivity contribution < 1.29 is 9.53 Å². The van der Waals surface area contributed by atoms with Crippen molar-refractivity contribution in [3.05, 3.63) is 47.7 Å². The summed E-state index contributed by atoms with van der Waals surface area (Å²) in [4.78, 5) is 11.5. The number of anilines is 1. The number of nitrogen functional groups attached to an aromatic ring is 1. The summed E-state index contributed by atoms with van der Waals surface area (Å²) >= 11 is 0. The number of benzene rings is 1. The van der Waals surface area contributed by atoms with Crippen LogP contribution in [0.4, 0.5) is 5.82 Å². The number of H-pyrrole nitrogens is 1. The zero-order valence-corrected chi connectivity index (χ0v) is 8.51. The maximum absolute atomic E-state index is 11.5. The third kappa shape index (κ3) is 2.20. The highest BCUT2D eigenvalue weighted by atomic mass is 16.5. The maximum Gasteiger partial charge on any atom is 0.343 e. The molecule has 82 valence electrons. The number of hydrogen-bond donors (Lipinski definition) is 2. The molecule has 0 aliphatic carbocycles. The highest BCUT2D eigenvalue weighted by molar-refractivity contribution is 5.93. The van der Waals surface area contributed by atoms with Crippen LogP contribution in [0.2, 0.25) is 0 Å². The molecular weight excluding hydrogens is 206 g/mol. The lowest BCUT2D eigenvalue weighted by molar-refractivity contribution is 0.0474. The monoisotopic (exact) mass is 217 g/mol. The molecule has 3 N–H and O–H groups in total. The number of esters is 1. The van der Waals surface area contributed by atoms with E-state index >= 15 is 0 Å². The second-order valence-electron chi connectivity index (χ2n) is 3.26. The van der Waals surface area contributed by atoms with Crippen LogP contribution in [0, 0.1) is 0 Å². The molecule has 0 spiro atoms. The van der Waals surface area contributed by atoms with Crippen LogP contribution in [0.15, 0.2) is 36.5 Å². The molecule has 5 nitrogen and oxygen atoms in total. The van der Waals surface area contributed by atoms with Crippen LogP contribution >= 0.6 is 0 Å². The third-order valence-corrected chi connectivity index (χ3v) is 2.10. The Morgan fingerprint density at radius 1 is 1.38 bits per heavy atom. The van der Waals surface area contributed by atoms with E-state index in [1.54, 1.807) is 0 Å².